The van der Waals surface area contributed by atoms with Crippen LogP contribution in [0.2, 0.25) is 0 Å². The van der Waals surface area contributed by atoms with Crippen molar-refractivity contribution in [2.24, 2.45) is 23.2 Å². The fraction of sp³-hybridized carbons (Fsp3) is 0.571. The minimum Gasteiger partial charge on any atom is -0.355 e. The first kappa shape index (κ1) is 16.0. The van der Waals surface area contributed by atoms with E-state index in [1.54, 1.807) is 18.5 Å². The second-order valence-electron chi connectivity index (χ2n) is 8.89. The standard InChI is InChI=1S/C21H25N3O2/c1-24(13-21-10-14-6-15(11-21)8-16(7-14)12-21)20(25)18-9-19(26-23-18)17-2-4-22-5-3-17/h2-5,9,14-16H,6-8,10-13H2,1H3. The minimum absolute atomic E-state index is 0.0372. The quantitative estimate of drug-likeness (QED) is 0.834. The fourth-order valence-corrected chi connectivity index (χ4v) is 6.28. The predicted octanol–water partition coefficient (Wildman–Crippen LogP) is 4.03. The number of nitrogens with zero attached hydrogens (tertiary/aromatic N) is 3. The van der Waals surface area contributed by atoms with Gasteiger partial charge in [0.2, 0.25) is 0 Å². The summed E-state index contributed by atoms with van der Waals surface area (Å²) in [7, 11) is 1.92. The number of aromatic nitrogens is 2. The van der Waals surface area contributed by atoms with Crippen LogP contribution < -0.4 is 0 Å². The van der Waals surface area contributed by atoms with Gasteiger partial charge in [0.25, 0.3) is 5.91 Å². The summed E-state index contributed by atoms with van der Waals surface area (Å²) in [5, 5.41) is 4.02. The molecule has 0 aliphatic heterocycles. The van der Waals surface area contributed by atoms with Crippen LogP contribution in [0.25, 0.3) is 11.3 Å². The highest BCUT2D eigenvalue weighted by Crippen LogP contribution is 2.60. The summed E-state index contributed by atoms with van der Waals surface area (Å²) in [6, 6.07) is 5.45. The van der Waals surface area contributed by atoms with Crippen LogP contribution in [0, 0.1) is 23.2 Å². The second-order valence-corrected chi connectivity index (χ2v) is 8.89. The molecule has 136 valence electrons. The Bertz CT molecular complexity index is 778. The van der Waals surface area contributed by atoms with Gasteiger partial charge < -0.3 is 9.42 Å². The topological polar surface area (TPSA) is 59.2 Å². The summed E-state index contributed by atoms with van der Waals surface area (Å²) in [5.41, 5.74) is 1.62. The lowest BCUT2D eigenvalue weighted by molar-refractivity contribution is -0.0629. The maximum atomic E-state index is 12.9. The van der Waals surface area contributed by atoms with Crippen molar-refractivity contribution in [3.8, 4) is 11.3 Å². The number of carbonyl (C=O) groups is 1. The average molecular weight is 351 g/mol. The molecule has 26 heavy (non-hydrogen) atoms. The summed E-state index contributed by atoms with van der Waals surface area (Å²) in [5.74, 6) is 3.27. The highest BCUT2D eigenvalue weighted by atomic mass is 16.5. The van der Waals surface area contributed by atoms with Gasteiger partial charge in [-0.2, -0.15) is 0 Å². The molecule has 4 aliphatic rings. The molecule has 4 fully saturated rings. The first-order valence-corrected chi connectivity index (χ1v) is 9.73. The van der Waals surface area contributed by atoms with Crippen LogP contribution in [0.3, 0.4) is 0 Å². The molecule has 0 radical (unpaired) electrons. The van der Waals surface area contributed by atoms with Crippen molar-refractivity contribution in [1.29, 1.82) is 0 Å². The van der Waals surface area contributed by atoms with E-state index in [0.29, 0.717) is 16.9 Å². The van der Waals surface area contributed by atoms with E-state index in [0.717, 1.165) is 29.9 Å². The first-order chi connectivity index (χ1) is 12.6. The summed E-state index contributed by atoms with van der Waals surface area (Å²) in [4.78, 5) is 18.8. The molecule has 0 aromatic carbocycles. The normalized spacial score (nSPS) is 32.0. The van der Waals surface area contributed by atoms with E-state index >= 15 is 0 Å². The maximum Gasteiger partial charge on any atom is 0.275 e. The van der Waals surface area contributed by atoms with Crippen molar-refractivity contribution < 1.29 is 9.32 Å². The number of rotatable bonds is 4. The third-order valence-corrected chi connectivity index (χ3v) is 6.78. The Kier molecular flexibility index (Phi) is 3.66. The van der Waals surface area contributed by atoms with Crippen LogP contribution in [-0.2, 0) is 0 Å². The van der Waals surface area contributed by atoms with Crippen molar-refractivity contribution in [2.45, 2.75) is 38.5 Å². The zero-order chi connectivity index (χ0) is 17.7. The Balaban J connectivity index is 1.31. The zero-order valence-corrected chi connectivity index (χ0v) is 15.2. The monoisotopic (exact) mass is 351 g/mol. The molecule has 6 rings (SSSR count). The average Bonchev–Trinajstić information content (AvgIpc) is 3.10. The van der Waals surface area contributed by atoms with E-state index in [1.165, 1.54) is 38.5 Å². The minimum atomic E-state index is -0.0372. The van der Waals surface area contributed by atoms with Gasteiger partial charge in [-0.25, -0.2) is 0 Å². The first-order valence-electron chi connectivity index (χ1n) is 9.73. The molecule has 1 amide bonds. The number of pyridine rings is 1. The van der Waals surface area contributed by atoms with E-state index in [2.05, 4.69) is 10.1 Å². The molecule has 4 aliphatic carbocycles. The van der Waals surface area contributed by atoms with Crippen LogP contribution in [0.5, 0.6) is 0 Å². The molecule has 4 bridgehead atoms. The van der Waals surface area contributed by atoms with Gasteiger partial charge >= 0.3 is 0 Å². The van der Waals surface area contributed by atoms with Crippen molar-refractivity contribution >= 4 is 5.91 Å². The van der Waals surface area contributed by atoms with Gasteiger partial charge in [-0.1, -0.05) is 5.16 Å². The zero-order valence-electron chi connectivity index (χ0n) is 15.2. The third kappa shape index (κ3) is 2.74. The molecule has 4 saturated carbocycles. The molecule has 2 aromatic rings. The Morgan fingerprint density at radius 2 is 1.77 bits per heavy atom. The van der Waals surface area contributed by atoms with Crippen LogP contribution in [-0.4, -0.2) is 34.5 Å². The van der Waals surface area contributed by atoms with Gasteiger partial charge in [-0.15, -0.1) is 0 Å². The number of hydrogen-bond acceptors (Lipinski definition) is 4. The molecule has 0 unspecified atom stereocenters. The third-order valence-electron chi connectivity index (χ3n) is 6.78. The summed E-state index contributed by atoms with van der Waals surface area (Å²) >= 11 is 0. The van der Waals surface area contributed by atoms with E-state index < -0.39 is 0 Å². The Hall–Kier alpha value is -2.17. The molecule has 5 nitrogen and oxygen atoms in total. The van der Waals surface area contributed by atoms with Gasteiger partial charge in [0.05, 0.1) is 0 Å². The van der Waals surface area contributed by atoms with Gasteiger partial charge in [-0.3, -0.25) is 9.78 Å². The molecule has 2 heterocycles. The Morgan fingerprint density at radius 3 is 2.38 bits per heavy atom. The van der Waals surface area contributed by atoms with Crippen molar-refractivity contribution in [1.82, 2.24) is 15.0 Å². The maximum absolute atomic E-state index is 12.9. The smallest absolute Gasteiger partial charge is 0.275 e. The van der Waals surface area contributed by atoms with Gasteiger partial charge in [0.15, 0.2) is 11.5 Å². The lowest BCUT2D eigenvalue weighted by Gasteiger charge is -2.57. The van der Waals surface area contributed by atoms with E-state index in [4.69, 9.17) is 4.52 Å². The summed E-state index contributed by atoms with van der Waals surface area (Å²) in [6.07, 6.45) is 11.6. The van der Waals surface area contributed by atoms with Crippen LogP contribution >= 0.6 is 0 Å². The van der Waals surface area contributed by atoms with Gasteiger partial charge in [-0.05, 0) is 73.8 Å². The van der Waals surface area contributed by atoms with E-state index in [1.807, 2.05) is 24.1 Å². The van der Waals surface area contributed by atoms with Gasteiger partial charge in [0.1, 0.15) is 0 Å². The van der Waals surface area contributed by atoms with Crippen molar-refractivity contribution in [2.75, 3.05) is 13.6 Å². The fourth-order valence-electron chi connectivity index (χ4n) is 6.28. The predicted molar refractivity (Wildman–Crippen MR) is 97.3 cm³/mol. The van der Waals surface area contributed by atoms with Crippen LogP contribution in [0.4, 0.5) is 0 Å². The highest BCUT2D eigenvalue weighted by molar-refractivity contribution is 5.93. The van der Waals surface area contributed by atoms with Crippen molar-refractivity contribution in [3.63, 3.8) is 0 Å². The summed E-state index contributed by atoms with van der Waals surface area (Å²) in [6.45, 7) is 0.854. The molecule has 0 N–H and O–H groups in total. The van der Waals surface area contributed by atoms with Crippen LogP contribution in [0.1, 0.15) is 49.0 Å². The lowest BCUT2D eigenvalue weighted by Crippen LogP contribution is -2.51. The Labute approximate surface area is 153 Å². The lowest BCUT2D eigenvalue weighted by atomic mass is 9.49. The second kappa shape index (κ2) is 5.93. The highest BCUT2D eigenvalue weighted by Gasteiger charge is 2.51. The summed E-state index contributed by atoms with van der Waals surface area (Å²) < 4.78 is 5.39. The van der Waals surface area contributed by atoms with Gasteiger partial charge in [0, 0.05) is 37.6 Å². The van der Waals surface area contributed by atoms with Crippen LogP contribution in [0.15, 0.2) is 35.1 Å². The molecule has 0 spiro atoms. The SMILES string of the molecule is CN(CC12CC3CC(CC(C3)C1)C2)C(=O)c1cc(-c2ccncc2)on1. The number of hydrogen-bond donors (Lipinski definition) is 0. The van der Waals surface area contributed by atoms with E-state index in [-0.39, 0.29) is 5.91 Å². The molecular weight excluding hydrogens is 326 g/mol. The molecular formula is C21H25N3O2. The molecule has 5 heteroatoms. The number of carbonyl (C=O) groups excluding carboxylic acids is 1. The van der Waals surface area contributed by atoms with E-state index in [9.17, 15) is 4.79 Å². The molecule has 0 atom stereocenters. The molecule has 0 saturated heterocycles. The number of amides is 1. The Morgan fingerprint density at radius 1 is 1.15 bits per heavy atom. The largest absolute Gasteiger partial charge is 0.355 e. The van der Waals surface area contributed by atoms with Crippen molar-refractivity contribution in [3.05, 3.63) is 36.3 Å². The molecule has 2 aromatic heterocycles.